The first kappa shape index (κ1) is 23.6. The lowest BCUT2D eigenvalue weighted by Gasteiger charge is -2.14. The lowest BCUT2D eigenvalue weighted by molar-refractivity contribution is 0.0191. The van der Waals surface area contributed by atoms with Crippen LogP contribution < -0.4 is 10.6 Å². The van der Waals surface area contributed by atoms with Crippen molar-refractivity contribution in [3.63, 3.8) is 0 Å². The molecule has 0 amide bonds. The highest BCUT2D eigenvalue weighted by molar-refractivity contribution is 14.0. The highest BCUT2D eigenvalue weighted by Crippen LogP contribution is 2.12. The van der Waals surface area contributed by atoms with Crippen LogP contribution in [0.15, 0.2) is 47.7 Å². The van der Waals surface area contributed by atoms with Gasteiger partial charge < -0.3 is 20.1 Å². The molecule has 0 saturated carbocycles. The van der Waals surface area contributed by atoms with Gasteiger partial charge in [0.25, 0.3) is 0 Å². The third-order valence-corrected chi connectivity index (χ3v) is 4.63. The molecule has 1 fully saturated rings. The average molecular weight is 513 g/mol. The van der Waals surface area contributed by atoms with Gasteiger partial charge in [-0.1, -0.05) is 24.3 Å². The molecule has 8 heteroatoms. The van der Waals surface area contributed by atoms with E-state index in [1.165, 1.54) is 11.1 Å². The Morgan fingerprint density at radius 3 is 2.86 bits per heavy atom. The Labute approximate surface area is 190 Å². The van der Waals surface area contributed by atoms with Crippen molar-refractivity contribution in [1.82, 2.24) is 20.4 Å². The van der Waals surface area contributed by atoms with E-state index < -0.39 is 0 Å². The molecule has 1 unspecified atom stereocenters. The Morgan fingerprint density at radius 1 is 1.28 bits per heavy atom. The van der Waals surface area contributed by atoms with E-state index in [-0.39, 0.29) is 30.1 Å². The first-order chi connectivity index (χ1) is 13.8. The Bertz CT molecular complexity index is 718. The topological polar surface area (TPSA) is 72.7 Å². The smallest absolute Gasteiger partial charge is 0.191 e. The van der Waals surface area contributed by atoms with Crippen molar-refractivity contribution >= 4 is 29.9 Å². The van der Waals surface area contributed by atoms with Crippen LogP contribution in [0, 0.1) is 0 Å². The van der Waals surface area contributed by atoms with Crippen molar-refractivity contribution in [3.05, 3.63) is 53.9 Å². The molecule has 1 aliphatic heterocycles. The van der Waals surface area contributed by atoms with Crippen molar-refractivity contribution in [2.24, 2.45) is 4.99 Å². The molecule has 1 aliphatic rings. The molecule has 7 nitrogen and oxygen atoms in total. The Morgan fingerprint density at radius 2 is 2.14 bits per heavy atom. The Hall–Kier alpha value is -1.65. The van der Waals surface area contributed by atoms with E-state index in [4.69, 9.17) is 14.5 Å². The van der Waals surface area contributed by atoms with Crippen molar-refractivity contribution in [2.75, 3.05) is 32.9 Å². The van der Waals surface area contributed by atoms with Crippen molar-refractivity contribution in [3.8, 4) is 0 Å². The van der Waals surface area contributed by atoms with E-state index >= 15 is 0 Å². The minimum atomic E-state index is 0. The number of aromatic nitrogens is 2. The van der Waals surface area contributed by atoms with Gasteiger partial charge in [-0.05, 0) is 37.0 Å². The van der Waals surface area contributed by atoms with Gasteiger partial charge in [-0.15, -0.1) is 24.0 Å². The highest BCUT2D eigenvalue weighted by Gasteiger charge is 2.14. The molecule has 2 heterocycles. The predicted molar refractivity (Wildman–Crippen MR) is 126 cm³/mol. The van der Waals surface area contributed by atoms with E-state index in [9.17, 15) is 0 Å². The van der Waals surface area contributed by atoms with Crippen LogP contribution in [-0.2, 0) is 22.6 Å². The highest BCUT2D eigenvalue weighted by atomic mass is 127. The number of nitrogens with zero attached hydrogens (tertiary/aromatic N) is 3. The summed E-state index contributed by atoms with van der Waals surface area (Å²) >= 11 is 0. The molecule has 29 heavy (non-hydrogen) atoms. The van der Waals surface area contributed by atoms with Gasteiger partial charge in [0.05, 0.1) is 32.4 Å². The zero-order valence-corrected chi connectivity index (χ0v) is 19.4. The summed E-state index contributed by atoms with van der Waals surface area (Å²) < 4.78 is 13.2. The third-order valence-electron chi connectivity index (χ3n) is 4.63. The molecule has 160 valence electrons. The Balaban J connectivity index is 0.00000300. The maximum Gasteiger partial charge on any atom is 0.191 e. The van der Waals surface area contributed by atoms with Gasteiger partial charge >= 0.3 is 0 Å². The number of halogens is 1. The average Bonchev–Trinajstić information content (AvgIpc) is 3.41. The molecule has 1 aromatic heterocycles. The third kappa shape index (κ3) is 8.31. The van der Waals surface area contributed by atoms with Crippen LogP contribution in [-0.4, -0.2) is 54.8 Å². The van der Waals surface area contributed by atoms with Gasteiger partial charge in [0.2, 0.25) is 0 Å². The largest absolute Gasteiger partial charge is 0.377 e. The Kier molecular flexibility index (Phi) is 11.0. The molecule has 1 atom stereocenters. The van der Waals surface area contributed by atoms with Crippen LogP contribution in [0.4, 0.5) is 0 Å². The predicted octanol–water partition coefficient (Wildman–Crippen LogP) is 2.80. The van der Waals surface area contributed by atoms with Gasteiger partial charge in [0.15, 0.2) is 5.96 Å². The van der Waals surface area contributed by atoms with Gasteiger partial charge in [0, 0.05) is 32.1 Å². The normalized spacial score (nSPS) is 16.4. The van der Waals surface area contributed by atoms with E-state index in [2.05, 4.69) is 46.9 Å². The van der Waals surface area contributed by atoms with E-state index in [1.807, 2.05) is 16.9 Å². The fourth-order valence-electron chi connectivity index (χ4n) is 3.17. The lowest BCUT2D eigenvalue weighted by Crippen LogP contribution is -2.39. The van der Waals surface area contributed by atoms with Crippen LogP contribution in [0.3, 0.4) is 0 Å². The summed E-state index contributed by atoms with van der Waals surface area (Å²) in [5, 5.41) is 10.9. The summed E-state index contributed by atoms with van der Waals surface area (Å²) in [6.07, 6.45) is 6.30. The van der Waals surface area contributed by atoms with Crippen LogP contribution in [0.25, 0.3) is 0 Å². The van der Waals surface area contributed by atoms with Gasteiger partial charge in [0.1, 0.15) is 0 Å². The minimum absolute atomic E-state index is 0. The van der Waals surface area contributed by atoms with Gasteiger partial charge in [-0.2, -0.15) is 5.10 Å². The summed E-state index contributed by atoms with van der Waals surface area (Å²) in [5.74, 6) is 0.803. The van der Waals surface area contributed by atoms with Crippen LogP contribution >= 0.6 is 24.0 Å². The molecule has 3 rings (SSSR count). The summed E-state index contributed by atoms with van der Waals surface area (Å²) in [7, 11) is 0. The van der Waals surface area contributed by atoms with Crippen LogP contribution in [0.2, 0.25) is 0 Å². The molecule has 0 bridgehead atoms. The van der Waals surface area contributed by atoms with E-state index in [0.29, 0.717) is 26.3 Å². The number of guanidine groups is 1. The number of nitrogens with one attached hydrogen (secondary N) is 2. The summed E-state index contributed by atoms with van der Waals surface area (Å²) in [6, 6.07) is 10.3. The quantitative estimate of drug-likeness (QED) is 0.221. The number of rotatable bonds is 10. The molecule has 0 radical (unpaired) electrons. The standard InChI is InChI=1S/C21H31N5O2.HI/c1-2-22-21(23-11-14-27-17-20-9-5-13-28-20)24-15-18-7-3-4-8-19(18)16-26-12-6-10-25-26;/h3-4,6-8,10,12,20H,2,5,9,11,13-17H2,1H3,(H2,22,23,24);1H. The molecule has 2 aromatic rings. The summed E-state index contributed by atoms with van der Waals surface area (Å²) in [4.78, 5) is 4.73. The number of benzene rings is 1. The SMILES string of the molecule is CCNC(=NCc1ccccc1Cn1cccn1)NCCOCC1CCCO1.I. The zero-order valence-electron chi connectivity index (χ0n) is 17.0. The number of hydrogen-bond donors (Lipinski definition) is 2. The molecule has 0 aliphatic carbocycles. The number of aliphatic imine (C=N–C) groups is 1. The molecule has 0 spiro atoms. The van der Waals surface area contributed by atoms with E-state index in [1.54, 1.807) is 6.20 Å². The first-order valence-corrected chi connectivity index (χ1v) is 10.1. The number of hydrogen-bond acceptors (Lipinski definition) is 4. The zero-order chi connectivity index (χ0) is 19.4. The lowest BCUT2D eigenvalue weighted by atomic mass is 10.1. The summed E-state index contributed by atoms with van der Waals surface area (Å²) in [6.45, 7) is 7.15. The fourth-order valence-corrected chi connectivity index (χ4v) is 3.17. The fraction of sp³-hybridized carbons (Fsp3) is 0.524. The van der Waals surface area contributed by atoms with Gasteiger partial charge in [-0.25, -0.2) is 4.99 Å². The van der Waals surface area contributed by atoms with Gasteiger partial charge in [-0.3, -0.25) is 4.68 Å². The molecule has 1 aromatic carbocycles. The second kappa shape index (κ2) is 13.6. The van der Waals surface area contributed by atoms with E-state index in [0.717, 1.165) is 38.5 Å². The van der Waals surface area contributed by atoms with Crippen molar-refractivity contribution < 1.29 is 9.47 Å². The van der Waals surface area contributed by atoms with Crippen LogP contribution in [0.1, 0.15) is 30.9 Å². The molecular formula is C21H32IN5O2. The van der Waals surface area contributed by atoms with Crippen molar-refractivity contribution in [1.29, 1.82) is 0 Å². The maximum atomic E-state index is 5.71. The van der Waals surface area contributed by atoms with Crippen molar-refractivity contribution in [2.45, 2.75) is 39.0 Å². The van der Waals surface area contributed by atoms with Crippen LogP contribution in [0.5, 0.6) is 0 Å². The monoisotopic (exact) mass is 513 g/mol. The molecule has 2 N–H and O–H groups in total. The molecule has 1 saturated heterocycles. The first-order valence-electron chi connectivity index (χ1n) is 10.1. The minimum Gasteiger partial charge on any atom is -0.377 e. The maximum absolute atomic E-state index is 5.71. The second-order valence-electron chi connectivity index (χ2n) is 6.80. The molecular weight excluding hydrogens is 481 g/mol. The summed E-state index contributed by atoms with van der Waals surface area (Å²) in [5.41, 5.74) is 2.43. The second-order valence-corrected chi connectivity index (χ2v) is 6.80. The number of ether oxygens (including phenoxy) is 2.